The summed E-state index contributed by atoms with van der Waals surface area (Å²) in [7, 11) is -3.15. The average Bonchev–Trinajstić information content (AvgIpc) is 2.98. The minimum atomic E-state index is -4.25. The Balaban J connectivity index is 2.51. The number of hydrogen-bond donors (Lipinski definition) is 1. The number of benzene rings is 1. The Hall–Kier alpha value is -1.64. The van der Waals surface area contributed by atoms with Crippen LogP contribution in [0.2, 0.25) is 0 Å². The molecule has 1 aromatic rings. The molecule has 1 atom stereocenters. The summed E-state index contributed by atoms with van der Waals surface area (Å²) in [5.41, 5.74) is 0. The van der Waals surface area contributed by atoms with Crippen molar-refractivity contribution in [2.45, 2.75) is 42.4 Å². The number of carbonyl (C=O) groups excluding carboxylic acids is 1. The lowest BCUT2D eigenvalue weighted by Gasteiger charge is -2.31. The highest BCUT2D eigenvalue weighted by molar-refractivity contribution is 7.93. The van der Waals surface area contributed by atoms with Crippen molar-refractivity contribution in [1.82, 2.24) is 5.06 Å². The van der Waals surface area contributed by atoms with Gasteiger partial charge in [0.2, 0.25) is 14.7 Å². The highest BCUT2D eigenvalue weighted by atomic mass is 32.2. The van der Waals surface area contributed by atoms with Gasteiger partial charge < -0.3 is 14.7 Å². The topological polar surface area (TPSA) is 93.1 Å². The van der Waals surface area contributed by atoms with Gasteiger partial charge in [-0.15, -0.1) is 0 Å². The number of sulfone groups is 1. The minimum absolute atomic E-state index is 0.0399. The molecule has 0 bridgehead atoms. The summed E-state index contributed by atoms with van der Waals surface area (Å²) in [4.78, 5) is 10.0. The first kappa shape index (κ1) is 18.7. The molecule has 1 fully saturated rings. The predicted molar refractivity (Wildman–Crippen MR) is 86.5 cm³/mol. The molecule has 2 rings (SSSR count). The van der Waals surface area contributed by atoms with Crippen LogP contribution >= 0.6 is 0 Å². The number of ether oxygens (including phenoxy) is 2. The lowest BCUT2D eigenvalue weighted by molar-refractivity contribution is -0.171. The number of rotatable bonds is 7. The van der Waals surface area contributed by atoms with Crippen molar-refractivity contribution in [3.8, 4) is 5.75 Å². The van der Waals surface area contributed by atoms with Crippen LogP contribution in [0.5, 0.6) is 5.75 Å². The highest BCUT2D eigenvalue weighted by Gasteiger charge is 2.60. The summed E-state index contributed by atoms with van der Waals surface area (Å²) >= 11 is 0. The van der Waals surface area contributed by atoms with Crippen molar-refractivity contribution in [3.63, 3.8) is 0 Å². The van der Waals surface area contributed by atoms with E-state index in [1.54, 1.807) is 18.2 Å². The lowest BCUT2D eigenvalue weighted by Crippen LogP contribution is -2.55. The van der Waals surface area contributed by atoms with Crippen LogP contribution in [0.1, 0.15) is 32.6 Å². The van der Waals surface area contributed by atoms with Crippen LogP contribution in [-0.2, 0) is 19.4 Å². The van der Waals surface area contributed by atoms with Gasteiger partial charge in [0.05, 0.1) is 13.7 Å². The Morgan fingerprint density at radius 2 is 2.08 bits per heavy atom. The molecule has 1 aromatic carbocycles. The van der Waals surface area contributed by atoms with Gasteiger partial charge in [0.15, 0.2) is 0 Å². The second kappa shape index (κ2) is 7.50. The molecule has 134 valence electrons. The molecule has 1 aliphatic heterocycles. The summed E-state index contributed by atoms with van der Waals surface area (Å²) in [5, 5.41) is 10.7. The quantitative estimate of drug-likeness (QED) is 0.589. The first-order chi connectivity index (χ1) is 11.4. The van der Waals surface area contributed by atoms with Gasteiger partial charge in [0.1, 0.15) is 10.6 Å². The van der Waals surface area contributed by atoms with E-state index in [0.29, 0.717) is 18.1 Å². The van der Waals surface area contributed by atoms with Crippen molar-refractivity contribution in [3.05, 3.63) is 24.3 Å². The Morgan fingerprint density at radius 3 is 2.67 bits per heavy atom. The molecular weight excluding hydrogens is 334 g/mol. The standard InChI is InChI=1S/C16H23NO6S/c1-3-4-12-23-13-8-5-6-9-14(13)24(20,21)16(15(18)22-2)10-7-11-17(16)19/h5-6,8-9,19H,3-4,7,10-12H2,1-2H3/t16-/m1/s1. The zero-order valence-corrected chi connectivity index (χ0v) is 14.7. The Kier molecular flexibility index (Phi) is 5.84. The lowest BCUT2D eigenvalue weighted by atomic mass is 10.2. The third-order valence-corrected chi connectivity index (χ3v) is 6.53. The molecule has 0 aromatic heterocycles. The van der Waals surface area contributed by atoms with E-state index in [9.17, 15) is 18.4 Å². The molecule has 24 heavy (non-hydrogen) atoms. The number of nitrogens with zero attached hydrogens (tertiary/aromatic N) is 1. The second-order valence-electron chi connectivity index (χ2n) is 5.65. The zero-order valence-electron chi connectivity index (χ0n) is 13.9. The molecule has 0 spiro atoms. The fourth-order valence-corrected chi connectivity index (χ4v) is 4.93. The maximum absolute atomic E-state index is 13.2. The molecule has 0 aliphatic carbocycles. The van der Waals surface area contributed by atoms with Crippen LogP contribution in [0.3, 0.4) is 0 Å². The number of para-hydroxylation sites is 1. The van der Waals surface area contributed by atoms with Crippen molar-refractivity contribution in [1.29, 1.82) is 0 Å². The number of hydrogen-bond acceptors (Lipinski definition) is 7. The maximum Gasteiger partial charge on any atom is 0.344 e. The number of esters is 1. The van der Waals surface area contributed by atoms with E-state index < -0.39 is 20.7 Å². The smallest absolute Gasteiger partial charge is 0.344 e. The van der Waals surface area contributed by atoms with Crippen LogP contribution in [0.4, 0.5) is 0 Å². The number of methoxy groups -OCH3 is 1. The fraction of sp³-hybridized carbons (Fsp3) is 0.562. The van der Waals surface area contributed by atoms with Crippen LogP contribution in [-0.4, -0.2) is 49.8 Å². The third-order valence-electron chi connectivity index (χ3n) is 4.15. The van der Waals surface area contributed by atoms with Gasteiger partial charge in [0, 0.05) is 6.54 Å². The van der Waals surface area contributed by atoms with Gasteiger partial charge in [-0.1, -0.05) is 25.5 Å². The molecule has 1 aliphatic rings. The van der Waals surface area contributed by atoms with Gasteiger partial charge in [-0.3, -0.25) is 0 Å². The van der Waals surface area contributed by atoms with Gasteiger partial charge in [0.25, 0.3) is 0 Å². The summed E-state index contributed by atoms with van der Waals surface area (Å²) < 4.78 is 36.8. The van der Waals surface area contributed by atoms with Crippen LogP contribution < -0.4 is 4.74 Å². The minimum Gasteiger partial charge on any atom is -0.492 e. The van der Waals surface area contributed by atoms with E-state index in [2.05, 4.69) is 0 Å². The summed E-state index contributed by atoms with van der Waals surface area (Å²) in [5.74, 6) is -0.819. The predicted octanol–water partition coefficient (Wildman–Crippen LogP) is 1.99. The molecule has 7 nitrogen and oxygen atoms in total. The largest absolute Gasteiger partial charge is 0.492 e. The van der Waals surface area contributed by atoms with E-state index in [0.717, 1.165) is 20.0 Å². The summed E-state index contributed by atoms with van der Waals surface area (Å²) in [6.07, 6.45) is 2.01. The molecule has 0 saturated carbocycles. The molecule has 0 radical (unpaired) electrons. The SMILES string of the molecule is CCCCOc1ccccc1S(=O)(=O)[C@@]1(C(=O)OC)CCCN1O. The van der Waals surface area contributed by atoms with Gasteiger partial charge in [-0.2, -0.15) is 5.06 Å². The van der Waals surface area contributed by atoms with Crippen LogP contribution in [0.15, 0.2) is 29.2 Å². The normalized spacial score (nSPS) is 21.6. The van der Waals surface area contributed by atoms with Crippen LogP contribution in [0, 0.1) is 0 Å². The first-order valence-electron chi connectivity index (χ1n) is 7.93. The van der Waals surface area contributed by atoms with E-state index in [1.165, 1.54) is 6.07 Å². The number of unbranched alkanes of at least 4 members (excludes halogenated alkanes) is 1. The third kappa shape index (κ3) is 3.01. The maximum atomic E-state index is 13.2. The van der Waals surface area contributed by atoms with E-state index in [4.69, 9.17) is 9.47 Å². The number of hydroxylamine groups is 2. The Bertz CT molecular complexity index is 690. The molecule has 1 saturated heterocycles. The molecule has 0 unspecified atom stereocenters. The summed E-state index contributed by atoms with van der Waals surface area (Å²) in [6, 6.07) is 6.15. The fourth-order valence-electron chi connectivity index (χ4n) is 2.83. The van der Waals surface area contributed by atoms with Crippen molar-refractivity contribution >= 4 is 15.8 Å². The highest BCUT2D eigenvalue weighted by Crippen LogP contribution is 2.41. The molecule has 8 heteroatoms. The molecular formula is C16H23NO6S. The van der Waals surface area contributed by atoms with E-state index >= 15 is 0 Å². The van der Waals surface area contributed by atoms with Gasteiger partial charge in [-0.25, -0.2) is 13.2 Å². The monoisotopic (exact) mass is 357 g/mol. The van der Waals surface area contributed by atoms with Crippen molar-refractivity contribution < 1.29 is 27.9 Å². The molecule has 1 heterocycles. The van der Waals surface area contributed by atoms with Crippen molar-refractivity contribution in [2.24, 2.45) is 0 Å². The Labute approximate surface area is 142 Å². The zero-order chi connectivity index (χ0) is 17.8. The molecule has 1 N–H and O–H groups in total. The number of carbonyl (C=O) groups is 1. The Morgan fingerprint density at radius 1 is 1.38 bits per heavy atom. The summed E-state index contributed by atoms with van der Waals surface area (Å²) in [6.45, 7) is 2.45. The average molecular weight is 357 g/mol. The molecule has 0 amide bonds. The van der Waals surface area contributed by atoms with Crippen molar-refractivity contribution in [2.75, 3.05) is 20.3 Å². The second-order valence-corrected chi connectivity index (χ2v) is 7.78. The first-order valence-corrected chi connectivity index (χ1v) is 9.41. The van der Waals surface area contributed by atoms with E-state index in [1.807, 2.05) is 6.92 Å². The van der Waals surface area contributed by atoms with Gasteiger partial charge >= 0.3 is 5.97 Å². The van der Waals surface area contributed by atoms with Gasteiger partial charge in [-0.05, 0) is 31.4 Å². The van der Waals surface area contributed by atoms with E-state index in [-0.39, 0.29) is 23.6 Å². The van der Waals surface area contributed by atoms with Crippen LogP contribution in [0.25, 0.3) is 0 Å².